The second-order valence-electron chi connectivity index (χ2n) is 4.34. The Morgan fingerprint density at radius 2 is 1.71 bits per heavy atom. The van der Waals surface area contributed by atoms with Crippen LogP contribution in [0.15, 0.2) is 48.5 Å². The van der Waals surface area contributed by atoms with Crippen molar-refractivity contribution >= 4 is 15.9 Å². The Morgan fingerprint density at radius 3 is 2.29 bits per heavy atom. The zero-order valence-electron chi connectivity index (χ0n) is 11.6. The molecule has 0 saturated heterocycles. The van der Waals surface area contributed by atoms with Gasteiger partial charge in [-0.25, -0.2) is 0 Å². The summed E-state index contributed by atoms with van der Waals surface area (Å²) in [5.41, 5.74) is 0.565. The minimum Gasteiger partial charge on any atom is -0.497 e. The number of ether oxygens (including phenoxy) is 1. The van der Waals surface area contributed by atoms with Crippen molar-refractivity contribution in [2.24, 2.45) is 0 Å². The number of hydrogen-bond donors (Lipinski definition) is 0. The van der Waals surface area contributed by atoms with Gasteiger partial charge in [-0.05, 0) is 18.2 Å². The van der Waals surface area contributed by atoms with E-state index in [0.717, 1.165) is 6.26 Å². The van der Waals surface area contributed by atoms with Gasteiger partial charge in [-0.2, -0.15) is 8.42 Å². The third-order valence-corrected chi connectivity index (χ3v) is 3.19. The molecule has 0 saturated carbocycles. The predicted octanol–water partition coefficient (Wildman–Crippen LogP) is 2.26. The molecule has 0 radical (unpaired) electrons. The van der Waals surface area contributed by atoms with Gasteiger partial charge < -0.3 is 8.92 Å². The molecule has 0 unspecified atom stereocenters. The van der Waals surface area contributed by atoms with Crippen LogP contribution < -0.4 is 8.92 Å². The highest BCUT2D eigenvalue weighted by atomic mass is 32.2. The summed E-state index contributed by atoms with van der Waals surface area (Å²) in [6.45, 7) is 0. The minimum absolute atomic E-state index is 0.0212. The number of rotatable bonds is 5. The van der Waals surface area contributed by atoms with Crippen LogP contribution in [0.25, 0.3) is 0 Å². The standard InChI is InChI=1S/C15H14O5S/c1-19-12-8-9-14(20-21(2,17)18)13(10-12)15(16)11-6-4-3-5-7-11/h3-10H,1-2H3. The number of ketones is 1. The Balaban J connectivity index is 2.51. The molecule has 21 heavy (non-hydrogen) atoms. The quantitative estimate of drug-likeness (QED) is 0.626. The van der Waals surface area contributed by atoms with Crippen molar-refractivity contribution in [3.05, 3.63) is 59.7 Å². The molecule has 0 aromatic heterocycles. The molecule has 0 bridgehead atoms. The van der Waals surface area contributed by atoms with Gasteiger partial charge in [0, 0.05) is 5.56 Å². The molecule has 5 nitrogen and oxygen atoms in total. The van der Waals surface area contributed by atoms with Crippen LogP contribution in [0.5, 0.6) is 11.5 Å². The third kappa shape index (κ3) is 3.82. The van der Waals surface area contributed by atoms with Crippen LogP contribution in [0.3, 0.4) is 0 Å². The summed E-state index contributed by atoms with van der Waals surface area (Å²) < 4.78 is 32.5. The smallest absolute Gasteiger partial charge is 0.306 e. The molecule has 2 aromatic rings. The first-order chi connectivity index (χ1) is 9.90. The largest absolute Gasteiger partial charge is 0.497 e. The fourth-order valence-corrected chi connectivity index (χ4v) is 2.27. The topological polar surface area (TPSA) is 69.7 Å². The zero-order chi connectivity index (χ0) is 15.5. The van der Waals surface area contributed by atoms with Crippen molar-refractivity contribution in [1.82, 2.24) is 0 Å². The molecule has 2 rings (SSSR count). The summed E-state index contributed by atoms with van der Waals surface area (Å²) in [4.78, 5) is 12.5. The Bertz CT molecular complexity index is 751. The van der Waals surface area contributed by atoms with E-state index in [0.29, 0.717) is 11.3 Å². The van der Waals surface area contributed by atoms with Gasteiger partial charge in [-0.15, -0.1) is 0 Å². The van der Waals surface area contributed by atoms with Crippen molar-refractivity contribution in [1.29, 1.82) is 0 Å². The maximum Gasteiger partial charge on any atom is 0.306 e. The fourth-order valence-electron chi connectivity index (χ4n) is 1.79. The first-order valence-corrected chi connectivity index (χ1v) is 7.89. The molecule has 2 aromatic carbocycles. The van der Waals surface area contributed by atoms with E-state index in [4.69, 9.17) is 8.92 Å². The van der Waals surface area contributed by atoms with Gasteiger partial charge >= 0.3 is 10.1 Å². The normalized spacial score (nSPS) is 11.0. The fraction of sp³-hybridized carbons (Fsp3) is 0.133. The molecule has 0 fully saturated rings. The average molecular weight is 306 g/mol. The van der Waals surface area contributed by atoms with Crippen molar-refractivity contribution in [2.45, 2.75) is 0 Å². The van der Waals surface area contributed by atoms with Crippen LogP contribution >= 0.6 is 0 Å². The van der Waals surface area contributed by atoms with E-state index in [1.54, 1.807) is 30.3 Å². The maximum absolute atomic E-state index is 12.5. The molecule has 0 N–H and O–H groups in total. The van der Waals surface area contributed by atoms with E-state index in [9.17, 15) is 13.2 Å². The lowest BCUT2D eigenvalue weighted by molar-refractivity contribution is 0.103. The monoisotopic (exact) mass is 306 g/mol. The zero-order valence-corrected chi connectivity index (χ0v) is 12.4. The highest BCUT2D eigenvalue weighted by molar-refractivity contribution is 7.86. The second kappa shape index (κ2) is 5.97. The average Bonchev–Trinajstić information content (AvgIpc) is 2.46. The summed E-state index contributed by atoms with van der Waals surface area (Å²) in [6, 6.07) is 12.9. The summed E-state index contributed by atoms with van der Waals surface area (Å²) in [7, 11) is -2.27. The predicted molar refractivity (Wildman–Crippen MR) is 78.3 cm³/mol. The van der Waals surface area contributed by atoms with Gasteiger partial charge in [0.15, 0.2) is 11.5 Å². The lowest BCUT2D eigenvalue weighted by Gasteiger charge is -2.10. The minimum atomic E-state index is -3.73. The van der Waals surface area contributed by atoms with Crippen LogP contribution in [-0.4, -0.2) is 27.6 Å². The van der Waals surface area contributed by atoms with E-state index < -0.39 is 10.1 Å². The summed E-state index contributed by atoms with van der Waals surface area (Å²) in [6.07, 6.45) is 0.925. The Labute approximate surface area is 123 Å². The molecule has 6 heteroatoms. The highest BCUT2D eigenvalue weighted by Gasteiger charge is 2.18. The number of benzene rings is 2. The molecular formula is C15H14O5S. The van der Waals surface area contributed by atoms with Crippen molar-refractivity contribution in [3.8, 4) is 11.5 Å². The van der Waals surface area contributed by atoms with Gasteiger partial charge in [0.05, 0.1) is 18.9 Å². The van der Waals surface area contributed by atoms with Gasteiger partial charge in [0.25, 0.3) is 0 Å². The SMILES string of the molecule is COc1ccc(OS(C)(=O)=O)c(C(=O)c2ccccc2)c1. The van der Waals surface area contributed by atoms with E-state index >= 15 is 0 Å². The number of methoxy groups -OCH3 is 1. The number of carbonyl (C=O) groups is 1. The summed E-state index contributed by atoms with van der Waals surface area (Å²) in [5, 5.41) is 0. The van der Waals surface area contributed by atoms with Gasteiger partial charge in [-0.1, -0.05) is 30.3 Å². The van der Waals surface area contributed by atoms with Gasteiger partial charge in [0.1, 0.15) is 5.75 Å². The second-order valence-corrected chi connectivity index (χ2v) is 5.92. The summed E-state index contributed by atoms with van der Waals surface area (Å²) >= 11 is 0. The van der Waals surface area contributed by atoms with Gasteiger partial charge in [-0.3, -0.25) is 4.79 Å². The van der Waals surface area contributed by atoms with Crippen LogP contribution in [0.1, 0.15) is 15.9 Å². The lowest BCUT2D eigenvalue weighted by Crippen LogP contribution is -2.11. The van der Waals surface area contributed by atoms with Crippen molar-refractivity contribution in [2.75, 3.05) is 13.4 Å². The maximum atomic E-state index is 12.5. The van der Waals surface area contributed by atoms with E-state index in [1.165, 1.54) is 25.3 Å². The summed E-state index contributed by atoms with van der Waals surface area (Å²) in [5.74, 6) is 0.0791. The van der Waals surface area contributed by atoms with Crippen LogP contribution in [0.4, 0.5) is 0 Å². The molecule has 0 atom stereocenters. The molecular weight excluding hydrogens is 292 g/mol. The molecule has 0 heterocycles. The Hall–Kier alpha value is -2.34. The van der Waals surface area contributed by atoms with Crippen LogP contribution in [0, 0.1) is 0 Å². The molecule has 0 amide bonds. The number of hydrogen-bond acceptors (Lipinski definition) is 5. The van der Waals surface area contributed by atoms with Crippen molar-refractivity contribution < 1.29 is 22.1 Å². The van der Waals surface area contributed by atoms with Crippen LogP contribution in [0.2, 0.25) is 0 Å². The highest BCUT2D eigenvalue weighted by Crippen LogP contribution is 2.27. The van der Waals surface area contributed by atoms with E-state index in [1.807, 2.05) is 0 Å². The Kier molecular flexibility index (Phi) is 4.28. The lowest BCUT2D eigenvalue weighted by atomic mass is 10.0. The van der Waals surface area contributed by atoms with E-state index in [-0.39, 0.29) is 17.1 Å². The molecule has 0 spiro atoms. The molecule has 0 aliphatic carbocycles. The number of carbonyl (C=O) groups excluding carboxylic acids is 1. The Morgan fingerprint density at radius 1 is 1.05 bits per heavy atom. The first-order valence-electron chi connectivity index (χ1n) is 6.08. The van der Waals surface area contributed by atoms with Crippen molar-refractivity contribution in [3.63, 3.8) is 0 Å². The third-order valence-electron chi connectivity index (χ3n) is 2.71. The van der Waals surface area contributed by atoms with Gasteiger partial charge in [0.2, 0.25) is 0 Å². The van der Waals surface area contributed by atoms with E-state index in [2.05, 4.69) is 0 Å². The molecule has 0 aliphatic rings. The first kappa shape index (κ1) is 15.1. The molecule has 110 valence electrons. The molecule has 0 aliphatic heterocycles. The van der Waals surface area contributed by atoms with Crippen LogP contribution in [-0.2, 0) is 10.1 Å².